The summed E-state index contributed by atoms with van der Waals surface area (Å²) in [5.74, 6) is 0.919. The Balaban J connectivity index is 1.85. The molecule has 8 nitrogen and oxygen atoms in total. The van der Waals surface area contributed by atoms with E-state index in [1.165, 1.54) is 6.33 Å². The molecule has 120 valence electrons. The maximum absolute atomic E-state index is 11.8. The minimum Gasteiger partial charge on any atom is -0.354 e. The number of aryl methyl sites for hydroxylation is 1. The summed E-state index contributed by atoms with van der Waals surface area (Å²) in [5.41, 5.74) is 0.779. The Hall–Kier alpha value is -1.74. The first-order chi connectivity index (χ1) is 10.5. The Morgan fingerprint density at radius 1 is 1.41 bits per heavy atom. The van der Waals surface area contributed by atoms with Gasteiger partial charge in [-0.3, -0.25) is 4.68 Å². The van der Waals surface area contributed by atoms with Crippen LogP contribution in [0.4, 0.5) is 5.82 Å². The van der Waals surface area contributed by atoms with Crippen LogP contribution in [0.2, 0.25) is 0 Å². The van der Waals surface area contributed by atoms with Crippen LogP contribution in [0.25, 0.3) is 11.0 Å². The van der Waals surface area contributed by atoms with Crippen LogP contribution in [0.1, 0.15) is 19.8 Å². The quantitative estimate of drug-likeness (QED) is 0.868. The van der Waals surface area contributed by atoms with Crippen molar-refractivity contribution in [2.24, 2.45) is 7.05 Å². The molecule has 1 aliphatic heterocycles. The molecule has 1 fully saturated rings. The highest BCUT2D eigenvalue weighted by molar-refractivity contribution is 7.89. The number of nitrogens with zero attached hydrogens (tertiary/aromatic N) is 5. The van der Waals surface area contributed by atoms with Gasteiger partial charge in [0.05, 0.1) is 17.3 Å². The number of rotatable bonds is 4. The second-order valence-corrected chi connectivity index (χ2v) is 7.55. The summed E-state index contributed by atoms with van der Waals surface area (Å²) in [6, 6.07) is -0.0830. The number of nitrogens with one attached hydrogen (secondary N) is 1. The zero-order chi connectivity index (χ0) is 15.7. The van der Waals surface area contributed by atoms with Gasteiger partial charge in [0.2, 0.25) is 10.0 Å². The third-order valence-corrected chi connectivity index (χ3v) is 5.41. The van der Waals surface area contributed by atoms with Gasteiger partial charge in [-0.2, -0.15) is 5.10 Å². The van der Waals surface area contributed by atoms with Gasteiger partial charge in [-0.05, 0) is 19.8 Å². The lowest BCUT2D eigenvalue weighted by Gasteiger charge is -2.33. The molecule has 0 spiro atoms. The molecule has 0 saturated carbocycles. The fourth-order valence-corrected chi connectivity index (χ4v) is 3.67. The van der Waals surface area contributed by atoms with E-state index in [4.69, 9.17) is 0 Å². The normalized spacial score (nSPS) is 19.7. The minimum absolute atomic E-state index is 0.0830. The van der Waals surface area contributed by atoms with Crippen LogP contribution in [-0.2, 0) is 17.1 Å². The first-order valence-corrected chi connectivity index (χ1v) is 9.03. The first kappa shape index (κ1) is 15.2. The van der Waals surface area contributed by atoms with Crippen LogP contribution in [-0.4, -0.2) is 53.1 Å². The summed E-state index contributed by atoms with van der Waals surface area (Å²) in [7, 11) is -1.35. The molecule has 0 radical (unpaired) electrons. The first-order valence-electron chi connectivity index (χ1n) is 7.38. The van der Waals surface area contributed by atoms with Crippen molar-refractivity contribution in [3.63, 3.8) is 0 Å². The monoisotopic (exact) mass is 324 g/mol. The SMILES string of the molecule is CCS(=O)(=O)N[C@@H]1CCCN(c2ncnc3c2cnn3C)C1. The van der Waals surface area contributed by atoms with E-state index < -0.39 is 10.0 Å². The molecule has 0 bridgehead atoms. The van der Waals surface area contributed by atoms with Crippen LogP contribution >= 0.6 is 0 Å². The van der Waals surface area contributed by atoms with E-state index in [9.17, 15) is 8.42 Å². The second-order valence-electron chi connectivity index (χ2n) is 5.51. The zero-order valence-electron chi connectivity index (χ0n) is 12.7. The molecule has 1 atom stereocenters. The van der Waals surface area contributed by atoms with Gasteiger partial charge in [0.15, 0.2) is 5.65 Å². The summed E-state index contributed by atoms with van der Waals surface area (Å²) in [6.07, 6.45) is 5.04. The Bertz CT molecular complexity index is 772. The van der Waals surface area contributed by atoms with E-state index in [-0.39, 0.29) is 11.8 Å². The van der Waals surface area contributed by atoms with Gasteiger partial charge in [0, 0.05) is 26.2 Å². The summed E-state index contributed by atoms with van der Waals surface area (Å²) < 4.78 is 28.0. The Kier molecular flexibility index (Phi) is 4.00. The van der Waals surface area contributed by atoms with Crippen LogP contribution < -0.4 is 9.62 Å². The van der Waals surface area contributed by atoms with Gasteiger partial charge < -0.3 is 4.90 Å². The van der Waals surface area contributed by atoms with Crippen molar-refractivity contribution >= 4 is 26.9 Å². The molecule has 2 aromatic heterocycles. The molecule has 22 heavy (non-hydrogen) atoms. The standard InChI is InChI=1S/C13H20N6O2S/c1-3-22(20,21)17-10-5-4-6-19(8-10)13-11-7-16-18(2)12(11)14-9-15-13/h7,9-10,17H,3-6,8H2,1-2H3/t10-/m1/s1. The molecule has 3 rings (SSSR count). The molecule has 2 aromatic rings. The molecule has 0 aliphatic carbocycles. The lowest BCUT2D eigenvalue weighted by Crippen LogP contribution is -2.48. The number of aromatic nitrogens is 4. The van der Waals surface area contributed by atoms with E-state index in [0.29, 0.717) is 6.54 Å². The third-order valence-electron chi connectivity index (χ3n) is 3.96. The van der Waals surface area contributed by atoms with E-state index in [0.717, 1.165) is 36.2 Å². The number of fused-ring (bicyclic) bond motifs is 1. The fraction of sp³-hybridized carbons (Fsp3) is 0.615. The molecular formula is C13H20N6O2S. The van der Waals surface area contributed by atoms with Crippen molar-refractivity contribution in [1.82, 2.24) is 24.5 Å². The van der Waals surface area contributed by atoms with Crippen LogP contribution in [0.3, 0.4) is 0 Å². The molecule has 1 aliphatic rings. The highest BCUT2D eigenvalue weighted by Gasteiger charge is 2.25. The highest BCUT2D eigenvalue weighted by atomic mass is 32.2. The largest absolute Gasteiger partial charge is 0.354 e. The maximum atomic E-state index is 11.8. The van der Waals surface area contributed by atoms with Gasteiger partial charge >= 0.3 is 0 Å². The summed E-state index contributed by atoms with van der Waals surface area (Å²) in [6.45, 7) is 3.11. The van der Waals surface area contributed by atoms with Crippen LogP contribution in [0, 0.1) is 0 Å². The highest BCUT2D eigenvalue weighted by Crippen LogP contribution is 2.25. The summed E-state index contributed by atoms with van der Waals surface area (Å²) in [4.78, 5) is 10.7. The van der Waals surface area contributed by atoms with E-state index in [1.54, 1.807) is 17.8 Å². The molecule has 3 heterocycles. The number of hydrogen-bond donors (Lipinski definition) is 1. The molecule has 9 heteroatoms. The van der Waals surface area contributed by atoms with Crippen molar-refractivity contribution in [2.45, 2.75) is 25.8 Å². The molecule has 0 aromatic carbocycles. The van der Waals surface area contributed by atoms with Crippen molar-refractivity contribution < 1.29 is 8.42 Å². The Morgan fingerprint density at radius 3 is 3.00 bits per heavy atom. The van der Waals surface area contributed by atoms with Crippen molar-refractivity contribution in [3.05, 3.63) is 12.5 Å². The fourth-order valence-electron chi connectivity index (χ4n) is 2.80. The molecule has 0 unspecified atom stereocenters. The van der Waals surface area contributed by atoms with Gasteiger partial charge in [-0.25, -0.2) is 23.1 Å². The minimum atomic E-state index is -3.19. The lowest BCUT2D eigenvalue weighted by atomic mass is 10.1. The number of hydrogen-bond acceptors (Lipinski definition) is 6. The predicted octanol–water partition coefficient (Wildman–Crippen LogP) is 0.271. The number of anilines is 1. The summed E-state index contributed by atoms with van der Waals surface area (Å²) in [5, 5.41) is 5.11. The molecular weight excluding hydrogens is 304 g/mol. The van der Waals surface area contributed by atoms with Gasteiger partial charge in [-0.15, -0.1) is 0 Å². The van der Waals surface area contributed by atoms with E-state index >= 15 is 0 Å². The zero-order valence-corrected chi connectivity index (χ0v) is 13.5. The predicted molar refractivity (Wildman–Crippen MR) is 84.1 cm³/mol. The van der Waals surface area contributed by atoms with Crippen molar-refractivity contribution in [3.8, 4) is 0 Å². The van der Waals surface area contributed by atoms with Crippen molar-refractivity contribution in [2.75, 3.05) is 23.7 Å². The molecule has 1 saturated heterocycles. The Labute approximate surface area is 129 Å². The maximum Gasteiger partial charge on any atom is 0.211 e. The lowest BCUT2D eigenvalue weighted by molar-refractivity contribution is 0.465. The number of sulfonamides is 1. The average Bonchev–Trinajstić information content (AvgIpc) is 2.89. The van der Waals surface area contributed by atoms with Gasteiger partial charge in [0.1, 0.15) is 12.1 Å². The number of piperidine rings is 1. The average molecular weight is 324 g/mol. The van der Waals surface area contributed by atoms with E-state index in [2.05, 4.69) is 24.7 Å². The van der Waals surface area contributed by atoms with Crippen molar-refractivity contribution in [1.29, 1.82) is 0 Å². The van der Waals surface area contributed by atoms with Crippen LogP contribution in [0.15, 0.2) is 12.5 Å². The second kappa shape index (κ2) is 5.81. The molecule has 0 amide bonds. The summed E-state index contributed by atoms with van der Waals surface area (Å²) >= 11 is 0. The van der Waals surface area contributed by atoms with E-state index in [1.807, 2.05) is 7.05 Å². The Morgan fingerprint density at radius 2 is 2.23 bits per heavy atom. The van der Waals surface area contributed by atoms with Gasteiger partial charge in [0.25, 0.3) is 0 Å². The van der Waals surface area contributed by atoms with Gasteiger partial charge in [-0.1, -0.05) is 0 Å². The third kappa shape index (κ3) is 2.91. The smallest absolute Gasteiger partial charge is 0.211 e. The van der Waals surface area contributed by atoms with Crippen LogP contribution in [0.5, 0.6) is 0 Å². The molecule has 1 N–H and O–H groups in total. The topological polar surface area (TPSA) is 93.0 Å².